The summed E-state index contributed by atoms with van der Waals surface area (Å²) in [6, 6.07) is 18.8. The lowest BCUT2D eigenvalue weighted by Gasteiger charge is -2.48. The second-order valence-electron chi connectivity index (χ2n) is 8.15. The standard InChI is InChI=1S/C25H32F2O5/c1-4-20-17(2)21(30-15-18-11-7-5-8-12-18)22(31-16-19-13-9-6-10-14-19)23(32-20)25(26,27)24(28)29-3/h5-14,17,20-24,28H,4,15-16H2,1-3H3/t17-,20+,21-,22+,23+,24?/m0/s1. The van der Waals surface area contributed by atoms with Crippen molar-refractivity contribution < 1.29 is 32.8 Å². The zero-order valence-electron chi connectivity index (χ0n) is 18.7. The Morgan fingerprint density at radius 2 is 1.44 bits per heavy atom. The number of alkyl halides is 2. The lowest BCUT2D eigenvalue weighted by molar-refractivity contribution is -0.329. The predicted octanol–water partition coefficient (Wildman–Crippen LogP) is 4.57. The average Bonchev–Trinajstić information content (AvgIpc) is 2.82. The number of ether oxygens (including phenoxy) is 4. The number of rotatable bonds is 10. The maximum absolute atomic E-state index is 15.2. The lowest BCUT2D eigenvalue weighted by Crippen LogP contribution is -2.63. The van der Waals surface area contributed by atoms with Gasteiger partial charge >= 0.3 is 5.92 Å². The van der Waals surface area contributed by atoms with Crippen molar-refractivity contribution in [1.29, 1.82) is 0 Å². The van der Waals surface area contributed by atoms with Crippen molar-refractivity contribution in [2.24, 2.45) is 5.92 Å². The molecule has 0 aliphatic carbocycles. The highest BCUT2D eigenvalue weighted by atomic mass is 19.3. The first kappa shape index (κ1) is 24.7. The zero-order chi connectivity index (χ0) is 23.1. The molecule has 0 aromatic heterocycles. The molecule has 0 radical (unpaired) electrons. The number of aliphatic hydroxyl groups excluding tert-OH is 1. The zero-order valence-corrected chi connectivity index (χ0v) is 18.7. The molecule has 0 saturated carbocycles. The Morgan fingerprint density at radius 1 is 0.938 bits per heavy atom. The van der Waals surface area contributed by atoms with Crippen LogP contribution >= 0.6 is 0 Å². The van der Waals surface area contributed by atoms with Gasteiger partial charge in [0.25, 0.3) is 0 Å². The molecule has 176 valence electrons. The first-order valence-corrected chi connectivity index (χ1v) is 10.9. The maximum Gasteiger partial charge on any atom is 0.325 e. The number of hydrogen-bond donors (Lipinski definition) is 1. The van der Waals surface area contributed by atoms with E-state index in [-0.39, 0.29) is 19.1 Å². The van der Waals surface area contributed by atoms with Gasteiger partial charge in [0.05, 0.1) is 25.4 Å². The van der Waals surface area contributed by atoms with Crippen molar-refractivity contribution in [1.82, 2.24) is 0 Å². The van der Waals surface area contributed by atoms with Crippen molar-refractivity contribution in [3.63, 3.8) is 0 Å². The molecule has 1 aliphatic rings. The highest BCUT2D eigenvalue weighted by molar-refractivity contribution is 5.15. The van der Waals surface area contributed by atoms with E-state index in [0.717, 1.165) is 18.2 Å². The van der Waals surface area contributed by atoms with Crippen LogP contribution in [0, 0.1) is 5.92 Å². The fourth-order valence-electron chi connectivity index (χ4n) is 4.11. The molecule has 2 aromatic rings. The van der Waals surface area contributed by atoms with E-state index in [9.17, 15) is 5.11 Å². The summed E-state index contributed by atoms with van der Waals surface area (Å²) in [5.41, 5.74) is 1.77. The van der Waals surface area contributed by atoms with Gasteiger partial charge in [-0.05, 0) is 17.5 Å². The molecule has 5 nitrogen and oxygen atoms in total. The van der Waals surface area contributed by atoms with E-state index in [0.29, 0.717) is 6.42 Å². The molecule has 1 fully saturated rings. The van der Waals surface area contributed by atoms with Crippen molar-refractivity contribution in [3.05, 3.63) is 71.8 Å². The van der Waals surface area contributed by atoms with Gasteiger partial charge in [0.1, 0.15) is 6.10 Å². The topological polar surface area (TPSA) is 57.2 Å². The van der Waals surface area contributed by atoms with Gasteiger partial charge in [-0.25, -0.2) is 0 Å². The first-order valence-electron chi connectivity index (χ1n) is 10.9. The van der Waals surface area contributed by atoms with E-state index in [2.05, 4.69) is 4.74 Å². The summed E-state index contributed by atoms with van der Waals surface area (Å²) in [5.74, 6) is -3.89. The van der Waals surface area contributed by atoms with E-state index in [4.69, 9.17) is 14.2 Å². The van der Waals surface area contributed by atoms with E-state index >= 15 is 8.78 Å². The average molecular weight is 451 g/mol. The molecule has 1 saturated heterocycles. The van der Waals surface area contributed by atoms with Gasteiger partial charge in [0.2, 0.25) is 6.29 Å². The van der Waals surface area contributed by atoms with Crippen LogP contribution in [0.25, 0.3) is 0 Å². The van der Waals surface area contributed by atoms with Crippen LogP contribution in [0.15, 0.2) is 60.7 Å². The van der Waals surface area contributed by atoms with Crippen LogP contribution in [0.4, 0.5) is 8.78 Å². The molecule has 1 N–H and O–H groups in total. The molecule has 3 rings (SSSR count). The number of methoxy groups -OCH3 is 1. The van der Waals surface area contributed by atoms with Crippen LogP contribution in [-0.2, 0) is 32.2 Å². The third-order valence-corrected chi connectivity index (χ3v) is 5.95. The Labute approximate surface area is 188 Å². The van der Waals surface area contributed by atoms with Gasteiger partial charge < -0.3 is 24.1 Å². The smallest absolute Gasteiger partial charge is 0.325 e. The Balaban J connectivity index is 1.89. The fourth-order valence-corrected chi connectivity index (χ4v) is 4.11. The monoisotopic (exact) mass is 450 g/mol. The van der Waals surface area contributed by atoms with Gasteiger partial charge in [-0.2, -0.15) is 8.78 Å². The second-order valence-corrected chi connectivity index (χ2v) is 8.15. The van der Waals surface area contributed by atoms with Crippen molar-refractivity contribution in [3.8, 4) is 0 Å². The van der Waals surface area contributed by atoms with Gasteiger partial charge in [-0.3, -0.25) is 0 Å². The third-order valence-electron chi connectivity index (χ3n) is 5.95. The normalized spacial score (nSPS) is 27.2. The highest BCUT2D eigenvalue weighted by Crippen LogP contribution is 2.40. The SMILES string of the molecule is CC[C@H]1O[C@@H](C(F)(F)C(O)OC)[C@H](OCc2ccccc2)[C@@H](OCc2ccccc2)[C@H]1C. The summed E-state index contributed by atoms with van der Waals surface area (Å²) >= 11 is 0. The lowest BCUT2D eigenvalue weighted by atomic mass is 9.84. The molecule has 0 bridgehead atoms. The number of halogens is 2. The van der Waals surface area contributed by atoms with Crippen LogP contribution in [0.5, 0.6) is 0 Å². The summed E-state index contributed by atoms with van der Waals surface area (Å²) < 4.78 is 53.0. The van der Waals surface area contributed by atoms with Crippen LogP contribution in [0.1, 0.15) is 31.4 Å². The summed E-state index contributed by atoms with van der Waals surface area (Å²) in [6.45, 7) is 4.16. The minimum Gasteiger partial charge on any atom is -0.370 e. The molecule has 6 atom stereocenters. The van der Waals surface area contributed by atoms with E-state index in [1.54, 1.807) is 0 Å². The molecule has 1 aliphatic heterocycles. The highest BCUT2D eigenvalue weighted by Gasteiger charge is 2.58. The minimum atomic E-state index is -3.70. The Hall–Kier alpha value is -1.90. The molecule has 1 heterocycles. The molecular formula is C25H32F2O5. The Morgan fingerprint density at radius 3 is 1.91 bits per heavy atom. The van der Waals surface area contributed by atoms with Gasteiger partial charge in [0, 0.05) is 13.0 Å². The Kier molecular flexibility index (Phi) is 8.73. The summed E-state index contributed by atoms with van der Waals surface area (Å²) in [7, 11) is 1.03. The van der Waals surface area contributed by atoms with Crippen LogP contribution in [0.3, 0.4) is 0 Å². The van der Waals surface area contributed by atoms with Crippen molar-refractivity contribution in [2.45, 2.75) is 70.1 Å². The molecular weight excluding hydrogens is 418 g/mol. The number of hydrogen-bond acceptors (Lipinski definition) is 5. The molecule has 7 heteroatoms. The molecule has 0 spiro atoms. The predicted molar refractivity (Wildman–Crippen MR) is 116 cm³/mol. The summed E-state index contributed by atoms with van der Waals surface area (Å²) in [5, 5.41) is 9.91. The Bertz CT molecular complexity index is 804. The molecule has 1 unspecified atom stereocenters. The van der Waals surface area contributed by atoms with E-state index in [1.165, 1.54) is 0 Å². The van der Waals surface area contributed by atoms with E-state index in [1.807, 2.05) is 74.5 Å². The quantitative estimate of drug-likeness (QED) is 0.538. The second kappa shape index (κ2) is 11.3. The van der Waals surface area contributed by atoms with Gasteiger partial charge in [-0.15, -0.1) is 0 Å². The minimum absolute atomic E-state index is 0.110. The molecule has 32 heavy (non-hydrogen) atoms. The van der Waals surface area contributed by atoms with Crippen molar-refractivity contribution >= 4 is 0 Å². The van der Waals surface area contributed by atoms with E-state index < -0.39 is 36.6 Å². The summed E-state index contributed by atoms with van der Waals surface area (Å²) in [6.07, 6.45) is -5.80. The fraction of sp³-hybridized carbons (Fsp3) is 0.520. The maximum atomic E-state index is 15.2. The number of benzene rings is 2. The largest absolute Gasteiger partial charge is 0.370 e. The van der Waals surface area contributed by atoms with Crippen LogP contribution in [0.2, 0.25) is 0 Å². The van der Waals surface area contributed by atoms with Gasteiger partial charge in [-0.1, -0.05) is 74.5 Å². The molecule has 0 amide bonds. The first-order chi connectivity index (χ1) is 15.4. The van der Waals surface area contributed by atoms with Crippen molar-refractivity contribution in [2.75, 3.05) is 7.11 Å². The summed E-state index contributed by atoms with van der Waals surface area (Å²) in [4.78, 5) is 0. The van der Waals surface area contributed by atoms with Crippen LogP contribution < -0.4 is 0 Å². The molecule has 2 aromatic carbocycles. The van der Waals surface area contributed by atoms with Gasteiger partial charge in [0.15, 0.2) is 6.10 Å². The number of aliphatic hydroxyl groups is 1. The third kappa shape index (κ3) is 5.71. The van der Waals surface area contributed by atoms with Crippen LogP contribution in [-0.4, -0.2) is 48.8 Å².